The number of hydrogen-bond acceptors (Lipinski definition) is 4. The van der Waals surface area contributed by atoms with Crippen molar-refractivity contribution in [3.63, 3.8) is 0 Å². The van der Waals surface area contributed by atoms with E-state index in [0.29, 0.717) is 21.5 Å². The van der Waals surface area contributed by atoms with E-state index in [2.05, 4.69) is 15.5 Å². The summed E-state index contributed by atoms with van der Waals surface area (Å²) in [4.78, 5) is 14.7. The number of nitrogens with zero attached hydrogens (tertiary/aromatic N) is 1. The third-order valence-electron chi connectivity index (χ3n) is 4.40. The standard InChI is InChI=1S/C19H21Cl2N3O2.ClH/c1-26-18-7-6-13(20)10-16(18)23-19(25)12-24-9-8-22-11-17(24)14-4-2-3-5-15(14)21;/h2-7,10,17,22H,8-9,11-12H2,1H3,(H,23,25);1H. The number of nitrogens with one attached hydrogen (secondary N) is 2. The summed E-state index contributed by atoms with van der Waals surface area (Å²) < 4.78 is 5.28. The Morgan fingerprint density at radius 2 is 2.07 bits per heavy atom. The molecule has 0 aliphatic carbocycles. The first-order valence-electron chi connectivity index (χ1n) is 8.41. The number of hydrogen-bond donors (Lipinski definition) is 2. The van der Waals surface area contributed by atoms with Crippen LogP contribution in [-0.4, -0.2) is 44.1 Å². The van der Waals surface area contributed by atoms with Crippen molar-refractivity contribution in [3.05, 3.63) is 58.1 Å². The Labute approximate surface area is 175 Å². The molecule has 1 heterocycles. The third kappa shape index (κ3) is 5.50. The predicted molar refractivity (Wildman–Crippen MR) is 113 cm³/mol. The van der Waals surface area contributed by atoms with Crippen LogP contribution >= 0.6 is 35.6 Å². The molecule has 0 saturated carbocycles. The quantitative estimate of drug-likeness (QED) is 0.752. The lowest BCUT2D eigenvalue weighted by molar-refractivity contribution is -0.118. The van der Waals surface area contributed by atoms with Crippen molar-refractivity contribution in [2.45, 2.75) is 6.04 Å². The molecule has 5 nitrogen and oxygen atoms in total. The van der Waals surface area contributed by atoms with Gasteiger partial charge >= 0.3 is 0 Å². The van der Waals surface area contributed by atoms with Gasteiger partial charge in [-0.25, -0.2) is 0 Å². The largest absolute Gasteiger partial charge is 0.495 e. The molecule has 0 radical (unpaired) electrons. The molecule has 2 N–H and O–H groups in total. The second-order valence-corrected chi connectivity index (χ2v) is 6.95. The molecule has 27 heavy (non-hydrogen) atoms. The smallest absolute Gasteiger partial charge is 0.238 e. The summed E-state index contributed by atoms with van der Waals surface area (Å²) in [5.74, 6) is 0.454. The molecule has 0 spiro atoms. The highest BCUT2D eigenvalue weighted by Crippen LogP contribution is 2.30. The number of ether oxygens (including phenoxy) is 1. The van der Waals surface area contributed by atoms with Crippen LogP contribution in [0, 0.1) is 0 Å². The van der Waals surface area contributed by atoms with Gasteiger partial charge in [0.25, 0.3) is 0 Å². The maximum atomic E-state index is 12.6. The first kappa shape index (κ1) is 21.8. The number of methoxy groups -OCH3 is 1. The van der Waals surface area contributed by atoms with Gasteiger partial charge < -0.3 is 15.4 Å². The highest BCUT2D eigenvalue weighted by atomic mass is 35.5. The van der Waals surface area contributed by atoms with Crippen LogP contribution in [0.25, 0.3) is 0 Å². The zero-order valence-electron chi connectivity index (χ0n) is 14.9. The van der Waals surface area contributed by atoms with Gasteiger partial charge in [-0.05, 0) is 29.8 Å². The van der Waals surface area contributed by atoms with Crippen LogP contribution in [0.15, 0.2) is 42.5 Å². The van der Waals surface area contributed by atoms with E-state index in [1.54, 1.807) is 25.3 Å². The topological polar surface area (TPSA) is 53.6 Å². The Morgan fingerprint density at radius 1 is 1.30 bits per heavy atom. The van der Waals surface area contributed by atoms with Crippen LogP contribution in [0.4, 0.5) is 5.69 Å². The van der Waals surface area contributed by atoms with E-state index in [1.165, 1.54) is 0 Å². The fraction of sp³-hybridized carbons (Fsp3) is 0.316. The highest BCUT2D eigenvalue weighted by Gasteiger charge is 2.27. The SMILES string of the molecule is COc1ccc(Cl)cc1NC(=O)CN1CCNCC1c1ccccc1Cl.Cl. The van der Waals surface area contributed by atoms with Crippen LogP contribution in [0.2, 0.25) is 10.0 Å². The van der Waals surface area contributed by atoms with Gasteiger partial charge in [-0.3, -0.25) is 9.69 Å². The van der Waals surface area contributed by atoms with E-state index in [-0.39, 0.29) is 30.9 Å². The maximum Gasteiger partial charge on any atom is 0.238 e. The zero-order chi connectivity index (χ0) is 18.5. The molecule has 0 aromatic heterocycles. The summed E-state index contributed by atoms with van der Waals surface area (Å²) >= 11 is 12.4. The molecular weight excluding hydrogens is 409 g/mol. The second-order valence-electron chi connectivity index (χ2n) is 6.10. The summed E-state index contributed by atoms with van der Waals surface area (Å²) in [7, 11) is 1.56. The van der Waals surface area contributed by atoms with Crippen LogP contribution in [0.1, 0.15) is 11.6 Å². The average molecular weight is 431 g/mol. The number of halogens is 3. The van der Waals surface area contributed by atoms with Gasteiger partial charge in [0.05, 0.1) is 19.3 Å². The summed E-state index contributed by atoms with van der Waals surface area (Å²) in [6.45, 7) is 2.59. The molecule has 8 heteroatoms. The fourth-order valence-electron chi connectivity index (χ4n) is 3.14. The molecule has 1 unspecified atom stereocenters. The Hall–Kier alpha value is -1.50. The van der Waals surface area contributed by atoms with E-state index in [9.17, 15) is 4.79 Å². The van der Waals surface area contributed by atoms with Crippen molar-refractivity contribution in [1.29, 1.82) is 0 Å². The van der Waals surface area contributed by atoms with E-state index in [1.807, 2.05) is 24.3 Å². The van der Waals surface area contributed by atoms with Crippen LogP contribution in [0.5, 0.6) is 5.75 Å². The van der Waals surface area contributed by atoms with Gasteiger partial charge in [0.2, 0.25) is 5.91 Å². The zero-order valence-corrected chi connectivity index (χ0v) is 17.2. The van der Waals surface area contributed by atoms with Crippen molar-refractivity contribution in [2.24, 2.45) is 0 Å². The first-order chi connectivity index (χ1) is 12.6. The van der Waals surface area contributed by atoms with Gasteiger partial charge in [0.15, 0.2) is 0 Å². The van der Waals surface area contributed by atoms with Crippen molar-refractivity contribution < 1.29 is 9.53 Å². The van der Waals surface area contributed by atoms with Gasteiger partial charge in [0.1, 0.15) is 5.75 Å². The van der Waals surface area contributed by atoms with Crippen LogP contribution in [0.3, 0.4) is 0 Å². The molecule has 1 aliphatic heterocycles. The van der Waals surface area contributed by atoms with E-state index < -0.39 is 0 Å². The minimum Gasteiger partial charge on any atom is -0.495 e. The number of carbonyl (C=O) groups is 1. The lowest BCUT2D eigenvalue weighted by Gasteiger charge is -2.36. The van der Waals surface area contributed by atoms with Gasteiger partial charge in [-0.15, -0.1) is 12.4 Å². The molecule has 1 fully saturated rings. The van der Waals surface area contributed by atoms with Crippen molar-refractivity contribution in [1.82, 2.24) is 10.2 Å². The minimum absolute atomic E-state index is 0. The average Bonchev–Trinajstić information content (AvgIpc) is 2.63. The lowest BCUT2D eigenvalue weighted by Crippen LogP contribution is -2.48. The van der Waals surface area contributed by atoms with Crippen molar-refractivity contribution >= 4 is 47.2 Å². The van der Waals surface area contributed by atoms with Crippen molar-refractivity contribution in [3.8, 4) is 5.75 Å². The van der Waals surface area contributed by atoms with Gasteiger partial charge in [0, 0.05) is 35.7 Å². The molecular formula is C19H22Cl3N3O2. The number of rotatable bonds is 5. The molecule has 2 aromatic rings. The molecule has 2 aromatic carbocycles. The number of piperazine rings is 1. The molecule has 146 valence electrons. The second kappa shape index (κ2) is 10.2. The molecule has 0 bridgehead atoms. The van der Waals surface area contributed by atoms with Crippen LogP contribution in [-0.2, 0) is 4.79 Å². The number of amides is 1. The molecule has 3 rings (SSSR count). The fourth-order valence-corrected chi connectivity index (χ4v) is 3.57. The molecule has 1 amide bonds. The Kier molecular flexibility index (Phi) is 8.20. The third-order valence-corrected chi connectivity index (χ3v) is 4.98. The normalized spacial score (nSPS) is 17.1. The Bertz CT molecular complexity index is 789. The Balaban J connectivity index is 0.00000261. The number of anilines is 1. The van der Waals surface area contributed by atoms with Gasteiger partial charge in [-0.1, -0.05) is 41.4 Å². The van der Waals surface area contributed by atoms with Crippen molar-refractivity contribution in [2.75, 3.05) is 38.6 Å². The summed E-state index contributed by atoms with van der Waals surface area (Å²) in [5.41, 5.74) is 1.59. The van der Waals surface area contributed by atoms with Gasteiger partial charge in [-0.2, -0.15) is 0 Å². The first-order valence-corrected chi connectivity index (χ1v) is 9.16. The molecule has 1 atom stereocenters. The summed E-state index contributed by atoms with van der Waals surface area (Å²) in [6, 6.07) is 12.9. The lowest BCUT2D eigenvalue weighted by atomic mass is 10.0. The maximum absolute atomic E-state index is 12.6. The minimum atomic E-state index is -0.121. The van der Waals surface area contributed by atoms with Crippen LogP contribution < -0.4 is 15.4 Å². The summed E-state index contributed by atoms with van der Waals surface area (Å²) in [6.07, 6.45) is 0. The predicted octanol–water partition coefficient (Wildman–Crippen LogP) is 4.01. The molecule has 1 aliphatic rings. The van der Waals surface area contributed by atoms with E-state index in [4.69, 9.17) is 27.9 Å². The van der Waals surface area contributed by atoms with E-state index >= 15 is 0 Å². The Morgan fingerprint density at radius 3 is 2.81 bits per heavy atom. The summed E-state index contributed by atoms with van der Waals surface area (Å²) in [5, 5.41) is 7.51. The number of carbonyl (C=O) groups excluding carboxylic acids is 1. The molecule has 1 saturated heterocycles. The highest BCUT2D eigenvalue weighted by molar-refractivity contribution is 6.31. The monoisotopic (exact) mass is 429 g/mol. The van der Waals surface area contributed by atoms with E-state index in [0.717, 1.165) is 25.2 Å². The number of benzene rings is 2.